The molecule has 3 heteroatoms. The molecule has 11 aromatic rings. The van der Waals surface area contributed by atoms with Crippen molar-refractivity contribution in [1.82, 2.24) is 9.13 Å². The van der Waals surface area contributed by atoms with E-state index in [4.69, 9.17) is 5.73 Å². The van der Waals surface area contributed by atoms with Gasteiger partial charge >= 0.3 is 0 Å². The number of allylic oxidation sites excluding steroid dienone is 2. The Morgan fingerprint density at radius 3 is 2.05 bits per heavy atom. The van der Waals surface area contributed by atoms with Crippen LogP contribution in [0.4, 0.5) is 5.69 Å². The van der Waals surface area contributed by atoms with Crippen LogP contribution in [-0.4, -0.2) is 9.13 Å². The van der Waals surface area contributed by atoms with Gasteiger partial charge in [0.15, 0.2) is 0 Å². The predicted molar refractivity (Wildman–Crippen MR) is 270 cm³/mol. The van der Waals surface area contributed by atoms with Gasteiger partial charge in [0.2, 0.25) is 0 Å². The quantitative estimate of drug-likeness (QED) is 0.160. The zero-order valence-electron chi connectivity index (χ0n) is 35.0. The third-order valence-corrected chi connectivity index (χ3v) is 13.1. The molecule has 298 valence electrons. The molecule has 0 aliphatic heterocycles. The molecule has 0 atom stereocenters. The highest BCUT2D eigenvalue weighted by molar-refractivity contribution is 6.19. The number of benzene rings is 9. The minimum atomic E-state index is 0.814. The summed E-state index contributed by atoms with van der Waals surface area (Å²) in [6.07, 6.45) is 9.47. The van der Waals surface area contributed by atoms with E-state index in [1.165, 1.54) is 93.3 Å². The molecule has 2 heterocycles. The van der Waals surface area contributed by atoms with Crippen LogP contribution >= 0.6 is 0 Å². The Labute approximate surface area is 366 Å². The molecule has 2 N–H and O–H groups in total. The lowest BCUT2D eigenvalue weighted by Gasteiger charge is -2.12. The van der Waals surface area contributed by atoms with Crippen molar-refractivity contribution >= 4 is 77.7 Å². The number of anilines is 1. The zero-order valence-corrected chi connectivity index (χ0v) is 35.0. The molecule has 2 aromatic heterocycles. The Hall–Kier alpha value is -8.14. The highest BCUT2D eigenvalue weighted by atomic mass is 15.0. The van der Waals surface area contributed by atoms with Crippen molar-refractivity contribution in [3.8, 4) is 33.6 Å². The maximum Gasteiger partial charge on any atom is 0.0619 e. The molecular formula is C60H43N3. The van der Waals surface area contributed by atoms with E-state index in [1.807, 2.05) is 12.1 Å². The van der Waals surface area contributed by atoms with Crippen LogP contribution in [0.5, 0.6) is 0 Å². The zero-order chi connectivity index (χ0) is 42.2. The summed E-state index contributed by atoms with van der Waals surface area (Å²) in [7, 11) is 0. The average molecular weight is 806 g/mol. The van der Waals surface area contributed by atoms with Crippen molar-refractivity contribution in [1.29, 1.82) is 0 Å². The molecule has 0 saturated carbocycles. The Bertz CT molecular complexity index is 3740. The Kier molecular flexibility index (Phi) is 8.45. The molecule has 0 radical (unpaired) electrons. The minimum Gasteiger partial charge on any atom is -0.398 e. The molecule has 0 amide bonds. The van der Waals surface area contributed by atoms with Crippen LogP contribution in [0, 0.1) is 0 Å². The highest BCUT2D eigenvalue weighted by Gasteiger charge is 2.25. The first-order valence-electron chi connectivity index (χ1n) is 21.7. The molecule has 0 spiro atoms. The number of nitrogens with zero attached hydrogens (tertiary/aromatic N) is 2. The van der Waals surface area contributed by atoms with E-state index in [-0.39, 0.29) is 0 Å². The molecule has 1 aliphatic rings. The average Bonchev–Trinajstić information content (AvgIpc) is 3.96. The Morgan fingerprint density at radius 1 is 0.524 bits per heavy atom. The summed E-state index contributed by atoms with van der Waals surface area (Å²) in [5.74, 6) is 0. The van der Waals surface area contributed by atoms with Gasteiger partial charge in [-0.15, -0.1) is 0 Å². The third-order valence-electron chi connectivity index (χ3n) is 13.1. The molecular weight excluding hydrogens is 763 g/mol. The van der Waals surface area contributed by atoms with Crippen LogP contribution in [0.15, 0.2) is 201 Å². The number of hydrogen-bond donors (Lipinski definition) is 1. The van der Waals surface area contributed by atoms with Gasteiger partial charge in [-0.1, -0.05) is 152 Å². The summed E-state index contributed by atoms with van der Waals surface area (Å²) in [5.41, 5.74) is 25.2. The molecule has 0 saturated heterocycles. The number of fused-ring (bicyclic) bond motifs is 10. The van der Waals surface area contributed by atoms with E-state index >= 15 is 0 Å². The molecule has 3 nitrogen and oxygen atoms in total. The number of aromatic nitrogens is 2. The summed E-state index contributed by atoms with van der Waals surface area (Å²) in [5, 5.41) is 8.58. The van der Waals surface area contributed by atoms with Crippen LogP contribution in [0.1, 0.15) is 34.9 Å². The van der Waals surface area contributed by atoms with Gasteiger partial charge < -0.3 is 14.9 Å². The van der Waals surface area contributed by atoms with Crippen LogP contribution in [-0.2, 0) is 6.42 Å². The van der Waals surface area contributed by atoms with Crippen molar-refractivity contribution in [2.24, 2.45) is 0 Å². The minimum absolute atomic E-state index is 0.814. The molecule has 12 rings (SSSR count). The highest BCUT2D eigenvalue weighted by Crippen LogP contribution is 2.47. The molecule has 0 bridgehead atoms. The smallest absolute Gasteiger partial charge is 0.0619 e. The van der Waals surface area contributed by atoms with Crippen LogP contribution in [0.3, 0.4) is 0 Å². The molecule has 63 heavy (non-hydrogen) atoms. The summed E-state index contributed by atoms with van der Waals surface area (Å²) in [6.45, 7) is 6.32. The lowest BCUT2D eigenvalue weighted by atomic mass is 9.98. The van der Waals surface area contributed by atoms with Crippen LogP contribution < -0.4 is 5.73 Å². The van der Waals surface area contributed by atoms with Gasteiger partial charge in [-0.2, -0.15) is 0 Å². The largest absolute Gasteiger partial charge is 0.398 e. The van der Waals surface area contributed by atoms with Crippen LogP contribution in [0.2, 0.25) is 0 Å². The first kappa shape index (κ1) is 36.7. The van der Waals surface area contributed by atoms with Crippen molar-refractivity contribution in [2.45, 2.75) is 13.3 Å². The lowest BCUT2D eigenvalue weighted by Crippen LogP contribution is -1.96. The van der Waals surface area contributed by atoms with E-state index in [9.17, 15) is 0 Å². The molecule has 0 unspecified atom stereocenters. The maximum atomic E-state index is 6.58. The van der Waals surface area contributed by atoms with Gasteiger partial charge in [-0.25, -0.2) is 0 Å². The fraction of sp³-hybridized carbons (Fsp3) is 0.0333. The van der Waals surface area contributed by atoms with E-state index < -0.39 is 0 Å². The summed E-state index contributed by atoms with van der Waals surface area (Å²) < 4.78 is 4.79. The Morgan fingerprint density at radius 2 is 1.22 bits per heavy atom. The molecule has 1 aliphatic carbocycles. The van der Waals surface area contributed by atoms with Gasteiger partial charge in [0.05, 0.1) is 22.2 Å². The maximum absolute atomic E-state index is 6.58. The van der Waals surface area contributed by atoms with Gasteiger partial charge in [-0.3, -0.25) is 0 Å². The standard InChI is InChI=1S/C60H43N3/c1-3-13-49-53-36-42(27-32-57(53)62(56(49)4-2)44-15-6-5-7-16-44)43-28-33-58-54(37-43)52-31-26-39-14-8-9-17-46(39)60(52)63(58)45-29-25-40-34-38(22-24-41(40)35-45)23-30-51-48-19-11-10-18-47(48)50-20-12-21-55(61)59(50)51/h3-22,24-37H,2,23,61H2,1H3/b13-3-,51-30-. The fourth-order valence-electron chi connectivity index (χ4n) is 10.3. The SMILES string of the molecule is C=Cc1c(/C=C\C)c2cc(-c3ccc4c(c3)c3ccc5ccccc5c3n4-c3ccc4cc(C/C=C5/c6ccccc6-c6cccc(N)c65)ccc4c3)ccc2n1-c1ccccc1. The normalized spacial score (nSPS) is 13.0. The second-order valence-electron chi connectivity index (χ2n) is 16.7. The lowest BCUT2D eigenvalue weighted by molar-refractivity contribution is 1.11. The monoisotopic (exact) mass is 805 g/mol. The van der Waals surface area contributed by atoms with E-state index in [0.29, 0.717) is 0 Å². The first-order chi connectivity index (χ1) is 31.1. The number of nitrogen functional groups attached to an aromatic ring is 1. The van der Waals surface area contributed by atoms with E-state index in [0.717, 1.165) is 40.3 Å². The van der Waals surface area contributed by atoms with Crippen molar-refractivity contribution in [2.75, 3.05) is 5.73 Å². The van der Waals surface area contributed by atoms with Crippen molar-refractivity contribution < 1.29 is 0 Å². The van der Waals surface area contributed by atoms with Gasteiger partial charge in [0.25, 0.3) is 0 Å². The summed E-state index contributed by atoms with van der Waals surface area (Å²) in [6, 6.07) is 66.4. The number of hydrogen-bond acceptors (Lipinski definition) is 1. The predicted octanol–water partition coefficient (Wildman–Crippen LogP) is 15.6. The number of para-hydroxylation sites is 1. The summed E-state index contributed by atoms with van der Waals surface area (Å²) in [4.78, 5) is 0. The van der Waals surface area contributed by atoms with Crippen LogP contribution in [0.25, 0.3) is 106 Å². The first-order valence-corrected chi connectivity index (χ1v) is 21.7. The summed E-state index contributed by atoms with van der Waals surface area (Å²) >= 11 is 0. The van der Waals surface area contributed by atoms with Crippen molar-refractivity contribution in [3.63, 3.8) is 0 Å². The van der Waals surface area contributed by atoms with E-state index in [2.05, 4.69) is 217 Å². The third kappa shape index (κ3) is 5.74. The number of nitrogens with two attached hydrogens (primary N) is 1. The van der Waals surface area contributed by atoms with Gasteiger partial charge in [0.1, 0.15) is 0 Å². The topological polar surface area (TPSA) is 35.9 Å². The second kappa shape index (κ2) is 14.5. The Balaban J connectivity index is 0.968. The molecule has 0 fully saturated rings. The van der Waals surface area contributed by atoms with Gasteiger partial charge in [-0.05, 0) is 129 Å². The second-order valence-corrected chi connectivity index (χ2v) is 16.7. The van der Waals surface area contributed by atoms with Crippen molar-refractivity contribution in [3.05, 3.63) is 229 Å². The number of rotatable bonds is 7. The van der Waals surface area contributed by atoms with Gasteiger partial charge in [0, 0.05) is 49.7 Å². The molecule has 9 aromatic carbocycles. The fourth-order valence-corrected chi connectivity index (χ4v) is 10.3. The van der Waals surface area contributed by atoms with E-state index in [1.54, 1.807) is 0 Å².